The fraction of sp³-hybridized carbons (Fsp3) is 0.897. The van der Waals surface area contributed by atoms with Crippen LogP contribution in [-0.4, -0.2) is 55.9 Å². The van der Waals surface area contributed by atoms with Crippen LogP contribution in [0, 0.1) is 17.8 Å². The summed E-state index contributed by atoms with van der Waals surface area (Å²) in [7, 11) is 1.37. The molecule has 2 aliphatic rings. The van der Waals surface area contributed by atoms with Crippen molar-refractivity contribution in [1.29, 1.82) is 0 Å². The van der Waals surface area contributed by atoms with Crippen LogP contribution in [0.5, 0.6) is 0 Å². The van der Waals surface area contributed by atoms with Crippen LogP contribution < -0.4 is 0 Å². The van der Waals surface area contributed by atoms with Crippen molar-refractivity contribution in [1.82, 2.24) is 0 Å². The van der Waals surface area contributed by atoms with E-state index < -0.39 is 24.2 Å². The second-order valence-electron chi connectivity index (χ2n) is 11.1. The summed E-state index contributed by atoms with van der Waals surface area (Å²) in [5, 5.41) is 0. The van der Waals surface area contributed by atoms with Gasteiger partial charge in [-0.15, -0.1) is 0 Å². The standard InChI is InChI=1S/C29H48F2O7/c1-5-20(2)19-29(30,31)26(33)16-15-23-22(12-8-6-7-9-13-27(34)35-4)24(37-21(3)32)18-25(23)38-28-14-10-11-17-36-28/h20,22-25,28H,5-19H2,1-4H3. The molecule has 0 radical (unpaired) electrons. The van der Waals surface area contributed by atoms with E-state index in [1.807, 2.05) is 6.92 Å². The van der Waals surface area contributed by atoms with E-state index in [4.69, 9.17) is 14.2 Å². The summed E-state index contributed by atoms with van der Waals surface area (Å²) in [4.78, 5) is 35.8. The monoisotopic (exact) mass is 546 g/mol. The number of Topliss-reactive ketones (excluding diaryl/α,β-unsaturated/α-hetero) is 1. The topological polar surface area (TPSA) is 88.1 Å². The summed E-state index contributed by atoms with van der Waals surface area (Å²) in [5.41, 5.74) is 0. The van der Waals surface area contributed by atoms with Gasteiger partial charge >= 0.3 is 17.9 Å². The molecule has 6 unspecified atom stereocenters. The van der Waals surface area contributed by atoms with Gasteiger partial charge in [-0.05, 0) is 50.4 Å². The maximum atomic E-state index is 14.6. The first-order valence-electron chi connectivity index (χ1n) is 14.5. The number of rotatable bonds is 17. The number of hydrogen-bond acceptors (Lipinski definition) is 7. The van der Waals surface area contributed by atoms with E-state index in [2.05, 4.69) is 4.74 Å². The zero-order chi connectivity index (χ0) is 28.1. The van der Waals surface area contributed by atoms with Gasteiger partial charge in [0, 0.05) is 45.1 Å². The Kier molecular flexibility index (Phi) is 14.1. The maximum Gasteiger partial charge on any atom is 0.305 e. The van der Waals surface area contributed by atoms with Gasteiger partial charge in [-0.25, -0.2) is 0 Å². The lowest BCUT2D eigenvalue weighted by molar-refractivity contribution is -0.196. The molecule has 9 heteroatoms. The second-order valence-corrected chi connectivity index (χ2v) is 11.1. The first-order valence-corrected chi connectivity index (χ1v) is 14.5. The van der Waals surface area contributed by atoms with Gasteiger partial charge in [0.1, 0.15) is 6.10 Å². The minimum absolute atomic E-state index is 0.0934. The molecule has 220 valence electrons. The van der Waals surface area contributed by atoms with Crippen molar-refractivity contribution in [2.24, 2.45) is 17.8 Å². The van der Waals surface area contributed by atoms with Crippen LogP contribution in [0.15, 0.2) is 0 Å². The molecule has 0 N–H and O–H groups in total. The number of ketones is 1. The maximum absolute atomic E-state index is 14.6. The van der Waals surface area contributed by atoms with Crippen LogP contribution in [0.2, 0.25) is 0 Å². The van der Waals surface area contributed by atoms with Gasteiger partial charge in [-0.2, -0.15) is 8.78 Å². The molecule has 7 nitrogen and oxygen atoms in total. The van der Waals surface area contributed by atoms with Gasteiger partial charge in [0.25, 0.3) is 0 Å². The Bertz CT molecular complexity index is 738. The quantitative estimate of drug-likeness (QED) is 0.154. The van der Waals surface area contributed by atoms with Gasteiger partial charge in [-0.1, -0.05) is 39.5 Å². The van der Waals surface area contributed by atoms with Crippen molar-refractivity contribution >= 4 is 17.7 Å². The largest absolute Gasteiger partial charge is 0.469 e. The third kappa shape index (κ3) is 10.9. The minimum Gasteiger partial charge on any atom is -0.469 e. The van der Waals surface area contributed by atoms with Gasteiger partial charge in [-0.3, -0.25) is 14.4 Å². The van der Waals surface area contributed by atoms with Gasteiger partial charge in [0.15, 0.2) is 6.29 Å². The Morgan fingerprint density at radius 3 is 2.34 bits per heavy atom. The molecule has 0 aromatic heterocycles. The van der Waals surface area contributed by atoms with E-state index in [9.17, 15) is 23.2 Å². The van der Waals surface area contributed by atoms with E-state index in [1.165, 1.54) is 14.0 Å². The molecule has 0 bridgehead atoms. The minimum atomic E-state index is -3.35. The Morgan fingerprint density at radius 1 is 1.00 bits per heavy atom. The first kappa shape index (κ1) is 32.6. The summed E-state index contributed by atoms with van der Waals surface area (Å²) in [6.45, 7) is 5.56. The molecule has 1 saturated carbocycles. The average Bonchev–Trinajstić information content (AvgIpc) is 3.18. The molecule has 6 atom stereocenters. The highest BCUT2D eigenvalue weighted by Crippen LogP contribution is 2.44. The highest BCUT2D eigenvalue weighted by Gasteiger charge is 2.47. The third-order valence-corrected chi connectivity index (χ3v) is 8.06. The lowest BCUT2D eigenvalue weighted by Crippen LogP contribution is -2.34. The molecule has 0 aromatic rings. The molecule has 1 heterocycles. The highest BCUT2D eigenvalue weighted by molar-refractivity contribution is 5.85. The fourth-order valence-corrected chi connectivity index (χ4v) is 5.73. The summed E-state index contributed by atoms with van der Waals surface area (Å²) in [5.74, 6) is -5.50. The number of methoxy groups -OCH3 is 1. The molecule has 1 saturated heterocycles. The summed E-state index contributed by atoms with van der Waals surface area (Å²) >= 11 is 0. The zero-order valence-electron chi connectivity index (χ0n) is 23.7. The number of carbonyl (C=O) groups is 3. The van der Waals surface area contributed by atoms with Gasteiger partial charge in [0.05, 0.1) is 13.2 Å². The smallest absolute Gasteiger partial charge is 0.305 e. The Morgan fingerprint density at radius 2 is 1.71 bits per heavy atom. The lowest BCUT2D eigenvalue weighted by atomic mass is 9.84. The van der Waals surface area contributed by atoms with Crippen molar-refractivity contribution in [3.8, 4) is 0 Å². The molecule has 0 spiro atoms. The van der Waals surface area contributed by atoms with Gasteiger partial charge in [0.2, 0.25) is 5.78 Å². The van der Waals surface area contributed by atoms with Crippen LogP contribution in [0.4, 0.5) is 8.78 Å². The summed E-state index contributed by atoms with van der Waals surface area (Å²) in [6.07, 6.45) is 6.71. The number of alkyl halides is 2. The Balaban J connectivity index is 2.08. The van der Waals surface area contributed by atoms with Crippen molar-refractivity contribution in [2.75, 3.05) is 13.7 Å². The van der Waals surface area contributed by atoms with Crippen molar-refractivity contribution in [2.45, 2.75) is 135 Å². The van der Waals surface area contributed by atoms with Crippen LogP contribution in [0.25, 0.3) is 0 Å². The predicted octanol–water partition coefficient (Wildman–Crippen LogP) is 6.40. The molecule has 1 aliphatic heterocycles. The molecular formula is C29H48F2O7. The van der Waals surface area contributed by atoms with E-state index in [0.717, 1.165) is 51.4 Å². The first-order chi connectivity index (χ1) is 18.1. The summed E-state index contributed by atoms with van der Waals surface area (Å²) in [6, 6.07) is 0. The van der Waals surface area contributed by atoms with Crippen molar-refractivity contribution < 1.29 is 42.1 Å². The van der Waals surface area contributed by atoms with Gasteiger partial charge < -0.3 is 18.9 Å². The number of esters is 2. The number of hydrogen-bond donors (Lipinski definition) is 0. The molecule has 2 fully saturated rings. The number of unbranched alkanes of at least 4 members (excludes halogenated alkanes) is 3. The zero-order valence-corrected chi connectivity index (χ0v) is 23.7. The SMILES string of the molecule is CCC(C)CC(F)(F)C(=O)CCC1C(OC2CCCCO2)CC(OC(C)=O)C1CCCCCCC(=O)OC. The van der Waals surface area contributed by atoms with Crippen LogP contribution in [0.3, 0.4) is 0 Å². The Labute approximate surface area is 226 Å². The lowest BCUT2D eigenvalue weighted by Gasteiger charge is -2.31. The number of halogens is 2. The second kappa shape index (κ2) is 16.5. The molecule has 2 rings (SSSR count). The molecule has 0 amide bonds. The normalized spacial score (nSPS) is 26.6. The van der Waals surface area contributed by atoms with Crippen molar-refractivity contribution in [3.63, 3.8) is 0 Å². The number of carbonyl (C=O) groups excluding carboxylic acids is 3. The highest BCUT2D eigenvalue weighted by atomic mass is 19.3. The Hall–Kier alpha value is -1.61. The van der Waals surface area contributed by atoms with E-state index in [-0.39, 0.29) is 54.9 Å². The third-order valence-electron chi connectivity index (χ3n) is 8.06. The average molecular weight is 547 g/mol. The molecular weight excluding hydrogens is 498 g/mol. The molecule has 38 heavy (non-hydrogen) atoms. The van der Waals surface area contributed by atoms with E-state index in [0.29, 0.717) is 25.9 Å². The van der Waals surface area contributed by atoms with E-state index in [1.54, 1.807) is 6.92 Å². The van der Waals surface area contributed by atoms with Crippen LogP contribution in [-0.2, 0) is 33.3 Å². The van der Waals surface area contributed by atoms with Crippen LogP contribution in [0.1, 0.15) is 111 Å². The molecule has 0 aromatic carbocycles. The van der Waals surface area contributed by atoms with Crippen molar-refractivity contribution in [3.05, 3.63) is 0 Å². The summed E-state index contributed by atoms with van der Waals surface area (Å²) < 4.78 is 51.8. The fourth-order valence-electron chi connectivity index (χ4n) is 5.73. The van der Waals surface area contributed by atoms with E-state index >= 15 is 0 Å². The molecule has 1 aliphatic carbocycles. The van der Waals surface area contributed by atoms with Crippen LogP contribution >= 0.6 is 0 Å². The number of ether oxygens (including phenoxy) is 4. The predicted molar refractivity (Wildman–Crippen MR) is 139 cm³/mol.